The zero-order chi connectivity index (χ0) is 28.2. The second kappa shape index (κ2) is 12.1. The number of alkyl carbamates (subject to hydrolysis) is 1. The molecule has 2 atom stereocenters. The summed E-state index contributed by atoms with van der Waals surface area (Å²) in [5, 5.41) is 13.8. The van der Waals surface area contributed by atoms with Crippen LogP contribution in [0.5, 0.6) is 0 Å². The molecule has 9 nitrogen and oxygen atoms in total. The van der Waals surface area contributed by atoms with E-state index in [1.54, 1.807) is 23.9 Å². The molecule has 10 heteroatoms. The Labute approximate surface area is 234 Å². The van der Waals surface area contributed by atoms with Crippen LogP contribution in [-0.4, -0.2) is 39.3 Å². The molecule has 0 spiro atoms. The maximum Gasteiger partial charge on any atom is 0.407 e. The Bertz CT molecular complexity index is 1290. The van der Waals surface area contributed by atoms with E-state index in [0.29, 0.717) is 34.2 Å². The molecule has 1 saturated carbocycles. The van der Waals surface area contributed by atoms with Gasteiger partial charge < -0.3 is 20.7 Å². The Morgan fingerprint density at radius 3 is 2.46 bits per heavy atom. The first kappa shape index (κ1) is 28.4. The van der Waals surface area contributed by atoms with Crippen molar-refractivity contribution < 1.29 is 19.1 Å². The Kier molecular flexibility index (Phi) is 8.80. The summed E-state index contributed by atoms with van der Waals surface area (Å²) in [5.74, 6) is 0.0311. The largest absolute Gasteiger partial charge is 0.444 e. The van der Waals surface area contributed by atoms with E-state index in [1.807, 2.05) is 51.1 Å². The van der Waals surface area contributed by atoms with Crippen LogP contribution in [0.1, 0.15) is 59.3 Å². The van der Waals surface area contributed by atoms with Gasteiger partial charge in [-0.2, -0.15) is 5.10 Å². The third-order valence-corrected chi connectivity index (χ3v) is 7.03. The molecule has 0 aliphatic heterocycles. The fraction of sp³-hybridized carbons (Fsp3) is 0.448. The second-order valence-electron chi connectivity index (χ2n) is 11.0. The van der Waals surface area contributed by atoms with Crippen molar-refractivity contribution >= 4 is 41.0 Å². The summed E-state index contributed by atoms with van der Waals surface area (Å²) in [6.07, 6.45) is 7.85. The number of amides is 3. The molecule has 39 heavy (non-hydrogen) atoms. The lowest BCUT2D eigenvalue weighted by Crippen LogP contribution is -2.43. The number of rotatable bonds is 6. The number of hydrogen-bond acceptors (Lipinski definition) is 5. The van der Waals surface area contributed by atoms with Crippen LogP contribution in [0.3, 0.4) is 0 Å². The summed E-state index contributed by atoms with van der Waals surface area (Å²) in [6, 6.07) is 9.06. The summed E-state index contributed by atoms with van der Waals surface area (Å²) >= 11 is 6.17. The maximum absolute atomic E-state index is 13.1. The number of nitrogens with zero attached hydrogens (tertiary/aromatic N) is 2. The average Bonchev–Trinajstić information content (AvgIpc) is 3.23. The first-order chi connectivity index (χ1) is 18.5. The fourth-order valence-corrected chi connectivity index (χ4v) is 5.03. The van der Waals surface area contributed by atoms with Crippen LogP contribution in [0.25, 0.3) is 11.3 Å². The van der Waals surface area contributed by atoms with Crippen molar-refractivity contribution in [3.63, 3.8) is 0 Å². The first-order valence-corrected chi connectivity index (χ1v) is 13.7. The van der Waals surface area contributed by atoms with E-state index in [9.17, 15) is 14.4 Å². The van der Waals surface area contributed by atoms with Gasteiger partial charge in [0.15, 0.2) is 0 Å². The van der Waals surface area contributed by atoms with Gasteiger partial charge >= 0.3 is 6.09 Å². The lowest BCUT2D eigenvalue weighted by atomic mass is 9.85. The van der Waals surface area contributed by atoms with Crippen LogP contribution in [0, 0.1) is 5.92 Å². The number of aryl methyl sites for hydroxylation is 1. The van der Waals surface area contributed by atoms with Crippen LogP contribution in [0.2, 0.25) is 0 Å². The zero-order valence-corrected chi connectivity index (χ0v) is 23.6. The average molecular weight is 554 g/mol. The molecule has 1 aromatic heterocycles. The van der Waals surface area contributed by atoms with Gasteiger partial charge in [0.25, 0.3) is 5.91 Å². The standard InChI is InChI=1S/C29H36ClN5O4/c1-29(2,3)39-28(38)32-21-9-7-8-19(16-21)26(36)33-25-17-24(34-35(25)4)18-12-14-20(15-13-18)31-27(37)22-10-5-6-11-23(22)30/h10-15,17,19,21H,5-9,16H2,1-4H3,(H,31,37)(H,32,38)(H,33,36)/t19?,21-/m1/s1. The summed E-state index contributed by atoms with van der Waals surface area (Å²) < 4.78 is 6.99. The molecule has 3 amide bonds. The van der Waals surface area contributed by atoms with Gasteiger partial charge in [-0.3, -0.25) is 14.3 Å². The molecule has 2 aliphatic carbocycles. The van der Waals surface area contributed by atoms with Crippen molar-refractivity contribution in [1.29, 1.82) is 0 Å². The highest BCUT2D eigenvalue weighted by Crippen LogP contribution is 2.28. The Morgan fingerprint density at radius 1 is 1.05 bits per heavy atom. The molecule has 0 saturated heterocycles. The number of allylic oxidation sites excluding steroid dienone is 2. The predicted molar refractivity (Wildman–Crippen MR) is 152 cm³/mol. The smallest absolute Gasteiger partial charge is 0.407 e. The number of carbonyl (C=O) groups excluding carboxylic acids is 3. The monoisotopic (exact) mass is 553 g/mol. The Hall–Kier alpha value is -3.59. The SMILES string of the molecule is Cn1nc(-c2ccc(NC(=O)C3=CCCC=C3Cl)cc2)cc1NC(=O)C1CCC[C@@H](NC(=O)OC(C)(C)C)C1. The number of carbonyl (C=O) groups is 3. The van der Waals surface area contributed by atoms with Gasteiger partial charge in [-0.1, -0.05) is 42.3 Å². The maximum atomic E-state index is 13.1. The molecule has 1 unspecified atom stereocenters. The van der Waals surface area contributed by atoms with Crippen molar-refractivity contribution in [2.75, 3.05) is 10.6 Å². The zero-order valence-electron chi connectivity index (χ0n) is 22.8. The van der Waals surface area contributed by atoms with E-state index < -0.39 is 11.7 Å². The molecular formula is C29H36ClN5O4. The summed E-state index contributed by atoms with van der Waals surface area (Å²) in [7, 11) is 1.77. The van der Waals surface area contributed by atoms with Crippen LogP contribution in [-0.2, 0) is 21.4 Å². The van der Waals surface area contributed by atoms with Crippen LogP contribution in [0.4, 0.5) is 16.3 Å². The van der Waals surface area contributed by atoms with Crippen LogP contribution >= 0.6 is 11.6 Å². The third-order valence-electron chi connectivity index (χ3n) is 6.68. The molecule has 4 rings (SSSR count). The topological polar surface area (TPSA) is 114 Å². The van der Waals surface area contributed by atoms with Gasteiger partial charge in [0.05, 0.1) is 11.3 Å². The van der Waals surface area contributed by atoms with E-state index in [2.05, 4.69) is 21.0 Å². The highest BCUT2D eigenvalue weighted by molar-refractivity contribution is 6.36. The van der Waals surface area contributed by atoms with Gasteiger partial charge in [-0.05, 0) is 65.0 Å². The number of nitrogens with one attached hydrogen (secondary N) is 3. The third kappa shape index (κ3) is 7.72. The first-order valence-electron chi connectivity index (χ1n) is 13.3. The minimum atomic E-state index is -0.570. The van der Waals surface area contributed by atoms with E-state index >= 15 is 0 Å². The second-order valence-corrected chi connectivity index (χ2v) is 11.4. The quantitative estimate of drug-likeness (QED) is 0.412. The van der Waals surface area contributed by atoms with Crippen molar-refractivity contribution in [2.24, 2.45) is 13.0 Å². The molecule has 1 aromatic carbocycles. The Morgan fingerprint density at radius 2 is 1.77 bits per heavy atom. The van der Waals surface area contributed by atoms with E-state index in [1.165, 1.54) is 0 Å². The number of aromatic nitrogens is 2. The van der Waals surface area contributed by atoms with Crippen molar-refractivity contribution in [1.82, 2.24) is 15.1 Å². The van der Waals surface area contributed by atoms with Gasteiger partial charge in [0.1, 0.15) is 11.4 Å². The molecule has 1 heterocycles. The molecule has 2 aromatic rings. The van der Waals surface area contributed by atoms with E-state index in [4.69, 9.17) is 16.3 Å². The van der Waals surface area contributed by atoms with E-state index in [0.717, 1.165) is 37.7 Å². The minimum Gasteiger partial charge on any atom is -0.444 e. The van der Waals surface area contributed by atoms with Gasteiger partial charge in [-0.15, -0.1) is 0 Å². The number of ether oxygens (including phenoxy) is 1. The molecule has 0 bridgehead atoms. The molecule has 208 valence electrons. The van der Waals surface area contributed by atoms with Crippen LogP contribution in [0.15, 0.2) is 53.1 Å². The van der Waals surface area contributed by atoms with E-state index in [-0.39, 0.29) is 23.8 Å². The van der Waals surface area contributed by atoms with Crippen molar-refractivity contribution in [2.45, 2.75) is 70.9 Å². The molecular weight excluding hydrogens is 518 g/mol. The molecule has 3 N–H and O–H groups in total. The number of benzene rings is 1. The lowest BCUT2D eigenvalue weighted by molar-refractivity contribution is -0.121. The highest BCUT2D eigenvalue weighted by atomic mass is 35.5. The predicted octanol–water partition coefficient (Wildman–Crippen LogP) is 5.89. The molecule has 0 radical (unpaired) electrons. The molecule has 2 aliphatic rings. The summed E-state index contributed by atoms with van der Waals surface area (Å²) in [4.78, 5) is 37.8. The number of hydrogen-bond donors (Lipinski definition) is 3. The summed E-state index contributed by atoms with van der Waals surface area (Å²) in [6.45, 7) is 5.47. The summed E-state index contributed by atoms with van der Waals surface area (Å²) in [5.41, 5.74) is 2.11. The lowest BCUT2D eigenvalue weighted by Gasteiger charge is -2.30. The highest BCUT2D eigenvalue weighted by Gasteiger charge is 2.30. The number of halogens is 1. The fourth-order valence-electron chi connectivity index (χ4n) is 4.76. The van der Waals surface area contributed by atoms with Gasteiger partial charge in [0.2, 0.25) is 5.91 Å². The van der Waals surface area contributed by atoms with Crippen LogP contribution < -0.4 is 16.0 Å². The normalized spacial score (nSPS) is 19.4. The molecule has 1 fully saturated rings. The number of anilines is 2. The minimum absolute atomic E-state index is 0.0944. The Balaban J connectivity index is 1.34. The van der Waals surface area contributed by atoms with Gasteiger partial charge in [-0.25, -0.2) is 4.79 Å². The van der Waals surface area contributed by atoms with Crippen molar-refractivity contribution in [3.8, 4) is 11.3 Å². The van der Waals surface area contributed by atoms with Gasteiger partial charge in [0, 0.05) is 41.4 Å². The van der Waals surface area contributed by atoms with Crippen molar-refractivity contribution in [3.05, 3.63) is 53.1 Å².